The molecule has 3 N–H and O–H groups in total. The van der Waals surface area contributed by atoms with Crippen molar-refractivity contribution in [2.45, 2.75) is 31.1 Å². The Labute approximate surface area is 102 Å². The number of rotatable bonds is 1. The lowest BCUT2D eigenvalue weighted by Gasteiger charge is -2.30. The molecule has 0 saturated carbocycles. The van der Waals surface area contributed by atoms with Gasteiger partial charge in [-0.15, -0.1) is 0 Å². The van der Waals surface area contributed by atoms with E-state index in [0.29, 0.717) is 18.4 Å². The molecule has 1 aromatic carbocycles. The van der Waals surface area contributed by atoms with Gasteiger partial charge in [-0.1, -0.05) is 12.1 Å². The van der Waals surface area contributed by atoms with E-state index in [4.69, 9.17) is 5.73 Å². The van der Waals surface area contributed by atoms with Crippen molar-refractivity contribution in [2.75, 3.05) is 0 Å². The van der Waals surface area contributed by atoms with E-state index in [-0.39, 0.29) is 11.9 Å². The molecule has 1 aliphatic rings. The number of amides is 1. The number of halogens is 3. The largest absolute Gasteiger partial charge is 0.416 e. The maximum atomic E-state index is 12.4. The Balaban J connectivity index is 2.21. The Hall–Kier alpha value is -1.56. The zero-order valence-electron chi connectivity index (χ0n) is 9.50. The van der Waals surface area contributed by atoms with Crippen molar-refractivity contribution in [3.8, 4) is 0 Å². The maximum Gasteiger partial charge on any atom is 0.416 e. The quantitative estimate of drug-likeness (QED) is 0.809. The summed E-state index contributed by atoms with van der Waals surface area (Å²) in [4.78, 5) is 11.3. The molecule has 2 rings (SSSR count). The Morgan fingerprint density at radius 1 is 1.22 bits per heavy atom. The summed E-state index contributed by atoms with van der Waals surface area (Å²) in [6.45, 7) is 0. The monoisotopic (exact) mass is 258 g/mol. The Kier molecular flexibility index (Phi) is 3.30. The van der Waals surface area contributed by atoms with Crippen LogP contribution < -0.4 is 11.1 Å². The van der Waals surface area contributed by atoms with Gasteiger partial charge in [0.2, 0.25) is 5.91 Å². The second kappa shape index (κ2) is 4.61. The molecule has 0 radical (unpaired) electrons. The number of piperidine rings is 1. The van der Waals surface area contributed by atoms with Crippen LogP contribution in [0.2, 0.25) is 0 Å². The van der Waals surface area contributed by atoms with Crippen molar-refractivity contribution < 1.29 is 18.0 Å². The average Bonchev–Trinajstić information content (AvgIpc) is 2.31. The highest BCUT2D eigenvalue weighted by atomic mass is 19.4. The topological polar surface area (TPSA) is 55.1 Å². The third kappa shape index (κ3) is 2.64. The van der Waals surface area contributed by atoms with E-state index in [0.717, 1.165) is 12.1 Å². The minimum atomic E-state index is -4.35. The normalized spacial score (nSPS) is 24.8. The summed E-state index contributed by atoms with van der Waals surface area (Å²) in [5.41, 5.74) is 5.75. The SMILES string of the molecule is N[C@@H]1CCC(=O)N[C@@H]1c1ccc(C(F)(F)F)cc1. The fourth-order valence-corrected chi connectivity index (χ4v) is 2.03. The highest BCUT2D eigenvalue weighted by molar-refractivity contribution is 5.77. The molecule has 1 saturated heterocycles. The van der Waals surface area contributed by atoms with Crippen molar-refractivity contribution in [1.82, 2.24) is 5.32 Å². The number of carbonyl (C=O) groups is 1. The summed E-state index contributed by atoms with van der Waals surface area (Å²) in [6.07, 6.45) is -3.45. The van der Waals surface area contributed by atoms with Gasteiger partial charge >= 0.3 is 6.18 Å². The molecule has 2 atom stereocenters. The van der Waals surface area contributed by atoms with E-state index in [2.05, 4.69) is 5.32 Å². The summed E-state index contributed by atoms with van der Waals surface area (Å²) < 4.78 is 37.2. The van der Waals surface area contributed by atoms with Crippen LogP contribution in [0.25, 0.3) is 0 Å². The second-order valence-corrected chi connectivity index (χ2v) is 4.37. The Morgan fingerprint density at radius 2 is 1.83 bits per heavy atom. The van der Waals surface area contributed by atoms with Crippen LogP contribution in [0.5, 0.6) is 0 Å². The van der Waals surface area contributed by atoms with E-state index in [1.165, 1.54) is 12.1 Å². The summed E-state index contributed by atoms with van der Waals surface area (Å²) in [7, 11) is 0. The molecule has 1 fully saturated rings. The molecule has 0 unspecified atom stereocenters. The number of carbonyl (C=O) groups excluding carboxylic acids is 1. The zero-order valence-corrected chi connectivity index (χ0v) is 9.50. The molecule has 6 heteroatoms. The number of hydrogen-bond donors (Lipinski definition) is 2. The van der Waals surface area contributed by atoms with E-state index in [1.54, 1.807) is 0 Å². The first-order chi connectivity index (χ1) is 8.38. The number of benzene rings is 1. The van der Waals surface area contributed by atoms with E-state index >= 15 is 0 Å². The van der Waals surface area contributed by atoms with Gasteiger partial charge in [-0.05, 0) is 24.1 Å². The van der Waals surface area contributed by atoms with Gasteiger partial charge in [-0.25, -0.2) is 0 Å². The molecule has 0 spiro atoms. The molecule has 1 aromatic rings. The van der Waals surface area contributed by atoms with Gasteiger partial charge in [0.05, 0.1) is 11.6 Å². The summed E-state index contributed by atoms with van der Waals surface area (Å²) in [5.74, 6) is -0.124. The van der Waals surface area contributed by atoms with Crippen LogP contribution in [0.15, 0.2) is 24.3 Å². The van der Waals surface area contributed by atoms with E-state index < -0.39 is 17.8 Å². The van der Waals surface area contributed by atoms with Crippen LogP contribution in [0.4, 0.5) is 13.2 Å². The molecule has 1 amide bonds. The van der Waals surface area contributed by atoms with Crippen molar-refractivity contribution in [3.63, 3.8) is 0 Å². The van der Waals surface area contributed by atoms with Gasteiger partial charge in [0, 0.05) is 12.5 Å². The predicted octanol–water partition coefficient (Wildman–Crippen LogP) is 1.98. The standard InChI is InChI=1S/C12H13F3N2O/c13-12(14,15)8-3-1-7(2-4-8)11-9(16)5-6-10(18)17-11/h1-4,9,11H,5-6,16H2,(H,17,18)/t9-,11-/m1/s1. The summed E-state index contributed by atoms with van der Waals surface area (Å²) in [6, 6.07) is 4.05. The van der Waals surface area contributed by atoms with Gasteiger partial charge in [-0.2, -0.15) is 13.2 Å². The molecule has 0 bridgehead atoms. The highest BCUT2D eigenvalue weighted by Crippen LogP contribution is 2.31. The van der Waals surface area contributed by atoms with Crippen molar-refractivity contribution in [1.29, 1.82) is 0 Å². The molecule has 3 nitrogen and oxygen atoms in total. The maximum absolute atomic E-state index is 12.4. The van der Waals surface area contributed by atoms with Gasteiger partial charge < -0.3 is 11.1 Å². The van der Waals surface area contributed by atoms with Crippen LogP contribution >= 0.6 is 0 Å². The first-order valence-electron chi connectivity index (χ1n) is 5.60. The molecule has 0 aromatic heterocycles. The van der Waals surface area contributed by atoms with Crippen LogP contribution in [0.1, 0.15) is 30.0 Å². The van der Waals surface area contributed by atoms with Crippen LogP contribution in [0.3, 0.4) is 0 Å². The number of nitrogens with one attached hydrogen (secondary N) is 1. The number of alkyl halides is 3. The van der Waals surface area contributed by atoms with Crippen molar-refractivity contribution in [2.24, 2.45) is 5.73 Å². The van der Waals surface area contributed by atoms with Gasteiger partial charge in [0.15, 0.2) is 0 Å². The van der Waals surface area contributed by atoms with E-state index in [9.17, 15) is 18.0 Å². The predicted molar refractivity (Wildman–Crippen MR) is 59.5 cm³/mol. The summed E-state index contributed by atoms with van der Waals surface area (Å²) in [5, 5.41) is 2.70. The van der Waals surface area contributed by atoms with Gasteiger partial charge in [-0.3, -0.25) is 4.79 Å². The molecule has 0 aliphatic carbocycles. The van der Waals surface area contributed by atoms with Gasteiger partial charge in [0.1, 0.15) is 0 Å². The smallest absolute Gasteiger partial charge is 0.348 e. The third-order valence-corrected chi connectivity index (χ3v) is 3.05. The highest BCUT2D eigenvalue weighted by Gasteiger charge is 2.31. The first-order valence-corrected chi connectivity index (χ1v) is 5.60. The Bertz CT molecular complexity index is 442. The fourth-order valence-electron chi connectivity index (χ4n) is 2.03. The molecular weight excluding hydrogens is 245 g/mol. The lowest BCUT2D eigenvalue weighted by Crippen LogP contribution is -2.45. The Morgan fingerprint density at radius 3 is 2.39 bits per heavy atom. The van der Waals surface area contributed by atoms with Crippen molar-refractivity contribution in [3.05, 3.63) is 35.4 Å². The minimum absolute atomic E-state index is 0.124. The van der Waals surface area contributed by atoms with Crippen LogP contribution in [-0.4, -0.2) is 11.9 Å². The molecule has 1 heterocycles. The molecule has 18 heavy (non-hydrogen) atoms. The van der Waals surface area contributed by atoms with E-state index in [1.807, 2.05) is 0 Å². The fraction of sp³-hybridized carbons (Fsp3) is 0.417. The van der Waals surface area contributed by atoms with Gasteiger partial charge in [0.25, 0.3) is 0 Å². The second-order valence-electron chi connectivity index (χ2n) is 4.37. The van der Waals surface area contributed by atoms with Crippen molar-refractivity contribution >= 4 is 5.91 Å². The lowest BCUT2D eigenvalue weighted by atomic mass is 9.92. The first kappa shape index (κ1) is 12.9. The average molecular weight is 258 g/mol. The minimum Gasteiger partial charge on any atom is -0.348 e. The number of nitrogens with two attached hydrogens (primary N) is 1. The molecule has 98 valence electrons. The van der Waals surface area contributed by atoms with Crippen LogP contribution in [-0.2, 0) is 11.0 Å². The molecule has 1 aliphatic heterocycles. The summed E-state index contributed by atoms with van der Waals surface area (Å²) >= 11 is 0. The molecular formula is C12H13F3N2O. The van der Waals surface area contributed by atoms with Crippen LogP contribution in [0, 0.1) is 0 Å². The lowest BCUT2D eigenvalue weighted by molar-refractivity contribution is -0.137. The third-order valence-electron chi connectivity index (χ3n) is 3.05. The number of hydrogen-bond acceptors (Lipinski definition) is 2. The zero-order chi connectivity index (χ0) is 13.3.